The van der Waals surface area contributed by atoms with Gasteiger partial charge in [-0.1, -0.05) is 0 Å². The lowest BCUT2D eigenvalue weighted by Crippen LogP contribution is -2.04. The second-order valence-electron chi connectivity index (χ2n) is 3.59. The zero-order valence-electron chi connectivity index (χ0n) is 8.14. The van der Waals surface area contributed by atoms with Gasteiger partial charge in [0.1, 0.15) is 0 Å². The van der Waals surface area contributed by atoms with E-state index in [0.29, 0.717) is 5.75 Å². The number of phenolic OH excluding ortho intramolecular Hbond substituents is 1. The number of rotatable bonds is 1. The molecule has 2 rings (SSSR count). The van der Waals surface area contributed by atoms with Crippen molar-refractivity contribution in [2.24, 2.45) is 0 Å². The Morgan fingerprint density at radius 1 is 1.36 bits per heavy atom. The van der Waals surface area contributed by atoms with Crippen LogP contribution in [0.1, 0.15) is 24.0 Å². The van der Waals surface area contributed by atoms with E-state index in [1.165, 1.54) is 24.0 Å². The molecular weight excluding hydrogens is 244 g/mol. The Morgan fingerprint density at radius 2 is 2.07 bits per heavy atom. The molecule has 0 amide bonds. The van der Waals surface area contributed by atoms with Crippen molar-refractivity contribution >= 4 is 15.9 Å². The zero-order valence-corrected chi connectivity index (χ0v) is 9.73. The quantitative estimate of drug-likeness (QED) is 0.837. The Balaban J connectivity index is 2.57. The van der Waals surface area contributed by atoms with E-state index in [4.69, 9.17) is 4.74 Å². The van der Waals surface area contributed by atoms with Gasteiger partial charge in [0, 0.05) is 0 Å². The van der Waals surface area contributed by atoms with E-state index in [9.17, 15) is 5.11 Å². The molecule has 14 heavy (non-hydrogen) atoms. The lowest BCUT2D eigenvalue weighted by molar-refractivity contribution is 0.369. The Hall–Kier alpha value is -0.700. The molecule has 0 radical (unpaired) electrons. The lowest BCUT2D eigenvalue weighted by Gasteiger charge is -2.19. The molecule has 1 aromatic carbocycles. The molecule has 0 saturated carbocycles. The number of benzene rings is 1. The van der Waals surface area contributed by atoms with E-state index in [1.807, 2.05) is 6.07 Å². The van der Waals surface area contributed by atoms with Crippen LogP contribution in [0.2, 0.25) is 0 Å². The smallest absolute Gasteiger partial charge is 0.174 e. The summed E-state index contributed by atoms with van der Waals surface area (Å²) in [5, 5.41) is 9.69. The molecule has 3 heteroatoms. The minimum atomic E-state index is 0.236. The van der Waals surface area contributed by atoms with Gasteiger partial charge < -0.3 is 9.84 Å². The van der Waals surface area contributed by atoms with Gasteiger partial charge in [-0.25, -0.2) is 0 Å². The van der Waals surface area contributed by atoms with Gasteiger partial charge in [-0.3, -0.25) is 0 Å². The minimum absolute atomic E-state index is 0.236. The number of hydrogen-bond donors (Lipinski definition) is 1. The standard InChI is InChI=1S/C11H13BrO2/c1-14-11-9(13)6-7-4-2-3-5-8(7)10(11)12/h6,13H,2-5H2,1H3. The Bertz CT molecular complexity index is 361. The van der Waals surface area contributed by atoms with E-state index >= 15 is 0 Å². The van der Waals surface area contributed by atoms with Crippen molar-refractivity contribution in [1.29, 1.82) is 0 Å². The van der Waals surface area contributed by atoms with Crippen molar-refractivity contribution in [3.63, 3.8) is 0 Å². The second-order valence-corrected chi connectivity index (χ2v) is 4.38. The molecule has 0 aromatic heterocycles. The van der Waals surface area contributed by atoms with Crippen molar-refractivity contribution in [1.82, 2.24) is 0 Å². The largest absolute Gasteiger partial charge is 0.504 e. The molecule has 0 aliphatic heterocycles. The Labute approximate surface area is 92.0 Å². The fraction of sp³-hybridized carbons (Fsp3) is 0.455. The molecule has 1 aliphatic rings. The summed E-state index contributed by atoms with van der Waals surface area (Å²) < 4.78 is 6.07. The van der Waals surface area contributed by atoms with Crippen molar-refractivity contribution in [2.75, 3.05) is 7.11 Å². The number of phenols is 1. The molecule has 1 N–H and O–H groups in total. The third-order valence-corrected chi connectivity index (χ3v) is 3.56. The summed E-state index contributed by atoms with van der Waals surface area (Å²) in [5.41, 5.74) is 2.55. The van der Waals surface area contributed by atoms with Crippen LogP contribution in [0.3, 0.4) is 0 Å². The van der Waals surface area contributed by atoms with E-state index < -0.39 is 0 Å². The normalized spacial score (nSPS) is 15.0. The van der Waals surface area contributed by atoms with E-state index in [2.05, 4.69) is 15.9 Å². The Morgan fingerprint density at radius 3 is 2.79 bits per heavy atom. The monoisotopic (exact) mass is 256 g/mol. The minimum Gasteiger partial charge on any atom is -0.504 e. The lowest BCUT2D eigenvalue weighted by atomic mass is 9.91. The van der Waals surface area contributed by atoms with Crippen LogP contribution in [0.4, 0.5) is 0 Å². The number of aromatic hydroxyl groups is 1. The third kappa shape index (κ3) is 1.50. The van der Waals surface area contributed by atoms with Gasteiger partial charge in [0.05, 0.1) is 11.6 Å². The highest BCUT2D eigenvalue weighted by molar-refractivity contribution is 9.10. The van der Waals surface area contributed by atoms with Crippen LogP contribution in [0.15, 0.2) is 10.5 Å². The van der Waals surface area contributed by atoms with Gasteiger partial charge in [0.2, 0.25) is 0 Å². The highest BCUT2D eigenvalue weighted by Crippen LogP contribution is 2.41. The molecular formula is C11H13BrO2. The molecule has 0 spiro atoms. The summed E-state index contributed by atoms with van der Waals surface area (Å²) in [6, 6.07) is 1.83. The van der Waals surface area contributed by atoms with Crippen LogP contribution in [-0.2, 0) is 12.8 Å². The third-order valence-electron chi connectivity index (χ3n) is 2.72. The number of methoxy groups -OCH3 is 1. The molecule has 0 heterocycles. The van der Waals surface area contributed by atoms with Gasteiger partial charge in [0.15, 0.2) is 11.5 Å². The summed E-state index contributed by atoms with van der Waals surface area (Å²) in [6.45, 7) is 0. The molecule has 0 fully saturated rings. The van der Waals surface area contributed by atoms with Gasteiger partial charge in [0.25, 0.3) is 0 Å². The predicted octanol–water partition coefficient (Wildman–Crippen LogP) is 3.04. The fourth-order valence-corrected chi connectivity index (χ4v) is 2.83. The molecule has 0 atom stereocenters. The first-order valence-corrected chi connectivity index (χ1v) is 5.60. The second kappa shape index (κ2) is 3.81. The highest BCUT2D eigenvalue weighted by atomic mass is 79.9. The summed E-state index contributed by atoms with van der Waals surface area (Å²) in [5.74, 6) is 0.797. The number of halogens is 1. The molecule has 76 valence electrons. The summed E-state index contributed by atoms with van der Waals surface area (Å²) >= 11 is 3.49. The maximum absolute atomic E-state index is 9.69. The summed E-state index contributed by atoms with van der Waals surface area (Å²) in [7, 11) is 1.58. The molecule has 1 aliphatic carbocycles. The van der Waals surface area contributed by atoms with Crippen molar-refractivity contribution in [2.45, 2.75) is 25.7 Å². The highest BCUT2D eigenvalue weighted by Gasteiger charge is 2.18. The average molecular weight is 257 g/mol. The average Bonchev–Trinajstić information content (AvgIpc) is 2.18. The summed E-state index contributed by atoms with van der Waals surface area (Å²) in [6.07, 6.45) is 4.57. The SMILES string of the molecule is COc1c(O)cc2c(c1Br)CCCC2. The molecule has 1 aromatic rings. The van der Waals surface area contributed by atoms with E-state index in [1.54, 1.807) is 7.11 Å². The van der Waals surface area contributed by atoms with Crippen LogP contribution >= 0.6 is 15.9 Å². The van der Waals surface area contributed by atoms with Crippen LogP contribution < -0.4 is 4.74 Å². The van der Waals surface area contributed by atoms with Crippen molar-refractivity contribution in [3.8, 4) is 11.5 Å². The molecule has 2 nitrogen and oxygen atoms in total. The first kappa shape index (κ1) is 9.84. The number of hydrogen-bond acceptors (Lipinski definition) is 2. The van der Waals surface area contributed by atoms with Crippen molar-refractivity contribution < 1.29 is 9.84 Å². The fourth-order valence-electron chi connectivity index (χ4n) is 2.01. The number of ether oxygens (including phenoxy) is 1. The summed E-state index contributed by atoms with van der Waals surface area (Å²) in [4.78, 5) is 0. The van der Waals surface area contributed by atoms with Gasteiger partial charge in [-0.15, -0.1) is 0 Å². The first-order valence-electron chi connectivity index (χ1n) is 4.81. The maximum Gasteiger partial charge on any atom is 0.174 e. The number of aryl methyl sites for hydroxylation is 1. The molecule has 0 saturated heterocycles. The Kier molecular flexibility index (Phi) is 2.68. The predicted molar refractivity (Wildman–Crippen MR) is 59.0 cm³/mol. The van der Waals surface area contributed by atoms with Crippen LogP contribution in [0.5, 0.6) is 11.5 Å². The molecule has 0 bridgehead atoms. The van der Waals surface area contributed by atoms with E-state index in [-0.39, 0.29) is 5.75 Å². The van der Waals surface area contributed by atoms with Crippen LogP contribution in [-0.4, -0.2) is 12.2 Å². The van der Waals surface area contributed by atoms with E-state index in [0.717, 1.165) is 17.3 Å². The van der Waals surface area contributed by atoms with Gasteiger partial charge in [-0.05, 0) is 58.8 Å². The first-order chi connectivity index (χ1) is 6.74. The topological polar surface area (TPSA) is 29.5 Å². The zero-order chi connectivity index (χ0) is 10.1. The van der Waals surface area contributed by atoms with Crippen molar-refractivity contribution in [3.05, 3.63) is 21.7 Å². The molecule has 0 unspecified atom stereocenters. The van der Waals surface area contributed by atoms with Crippen LogP contribution in [0.25, 0.3) is 0 Å². The van der Waals surface area contributed by atoms with Gasteiger partial charge >= 0.3 is 0 Å². The maximum atomic E-state index is 9.69. The van der Waals surface area contributed by atoms with Crippen LogP contribution in [0, 0.1) is 0 Å². The van der Waals surface area contributed by atoms with Gasteiger partial charge in [-0.2, -0.15) is 0 Å². The number of fused-ring (bicyclic) bond motifs is 1.